The van der Waals surface area contributed by atoms with Crippen molar-refractivity contribution in [2.75, 3.05) is 13.2 Å². The first-order chi connectivity index (χ1) is 19.6. The van der Waals surface area contributed by atoms with E-state index in [1.807, 2.05) is 69.0 Å². The number of hydrogen-bond donors (Lipinski definition) is 0. The molecule has 0 N–H and O–H groups in total. The van der Waals surface area contributed by atoms with Crippen LogP contribution < -0.4 is 4.74 Å². The molecular weight excluding hydrogens is 508 g/mol. The van der Waals surface area contributed by atoms with Crippen molar-refractivity contribution in [3.05, 3.63) is 54.1 Å². The van der Waals surface area contributed by atoms with Crippen LogP contribution in [0.2, 0.25) is 0 Å². The minimum Gasteiger partial charge on any atom is -0.494 e. The van der Waals surface area contributed by atoms with Gasteiger partial charge in [-0.15, -0.1) is 10.3 Å². The third-order valence-corrected chi connectivity index (χ3v) is 8.61. The number of rotatable bonds is 16. The van der Waals surface area contributed by atoms with Crippen LogP contribution in [-0.2, 0) is 5.21 Å². The van der Waals surface area contributed by atoms with Gasteiger partial charge in [0.25, 0.3) is 5.91 Å². The Morgan fingerprint density at radius 2 is 1.24 bits per heavy atom. The highest BCUT2D eigenvalue weighted by molar-refractivity contribution is 5.95. The van der Waals surface area contributed by atoms with E-state index in [1.165, 1.54) is 50.0 Å². The SMILES string of the molecule is CCCCCCCCCCOc1ccc(-c2ccc(C(=O)N(CCCC)C3CC(C)(C)N([O])C(C)(C)C3)cc2)cc1. The molecule has 0 aromatic heterocycles. The van der Waals surface area contributed by atoms with Gasteiger partial charge in [0.15, 0.2) is 0 Å². The molecule has 0 saturated carbocycles. The molecule has 1 saturated heterocycles. The number of carbonyl (C=O) groups is 1. The van der Waals surface area contributed by atoms with Crippen LogP contribution in [0, 0.1) is 0 Å². The van der Waals surface area contributed by atoms with Crippen LogP contribution in [-0.4, -0.2) is 46.1 Å². The van der Waals surface area contributed by atoms with E-state index >= 15 is 0 Å². The van der Waals surface area contributed by atoms with Gasteiger partial charge < -0.3 is 9.64 Å². The molecular formula is C36H55N2O3. The average Bonchev–Trinajstić information content (AvgIpc) is 2.95. The topological polar surface area (TPSA) is 52.7 Å². The second-order valence-corrected chi connectivity index (χ2v) is 13.3. The molecule has 0 aliphatic carbocycles. The molecule has 1 aliphatic heterocycles. The van der Waals surface area contributed by atoms with Gasteiger partial charge in [0.2, 0.25) is 0 Å². The van der Waals surface area contributed by atoms with Gasteiger partial charge >= 0.3 is 0 Å². The summed E-state index contributed by atoms with van der Waals surface area (Å²) in [6.45, 7) is 13.9. The fraction of sp³-hybridized carbons (Fsp3) is 0.639. The molecule has 1 aliphatic rings. The molecule has 227 valence electrons. The maximum absolute atomic E-state index is 13.8. The number of piperidine rings is 1. The Balaban J connectivity index is 1.57. The number of nitrogens with zero attached hydrogens (tertiary/aromatic N) is 2. The van der Waals surface area contributed by atoms with Gasteiger partial charge in [-0.25, -0.2) is 0 Å². The molecule has 1 radical (unpaired) electrons. The normalized spacial score (nSPS) is 17.0. The average molecular weight is 564 g/mol. The molecule has 3 rings (SSSR count). The highest BCUT2D eigenvalue weighted by Crippen LogP contribution is 2.39. The van der Waals surface area contributed by atoms with Crippen molar-refractivity contribution in [2.24, 2.45) is 0 Å². The van der Waals surface area contributed by atoms with Crippen LogP contribution in [0.15, 0.2) is 48.5 Å². The lowest BCUT2D eigenvalue weighted by molar-refractivity contribution is -0.293. The van der Waals surface area contributed by atoms with Crippen molar-refractivity contribution >= 4 is 5.91 Å². The molecule has 0 unspecified atom stereocenters. The van der Waals surface area contributed by atoms with Crippen molar-refractivity contribution < 1.29 is 14.7 Å². The molecule has 1 heterocycles. The lowest BCUT2D eigenvalue weighted by Gasteiger charge is -2.52. The van der Waals surface area contributed by atoms with Gasteiger partial charge in [0.1, 0.15) is 5.75 Å². The van der Waals surface area contributed by atoms with Gasteiger partial charge in [-0.3, -0.25) is 4.79 Å². The Labute approximate surface area is 250 Å². The number of unbranched alkanes of at least 4 members (excludes halogenated alkanes) is 8. The summed E-state index contributed by atoms with van der Waals surface area (Å²) in [5.74, 6) is 0.968. The zero-order chi connectivity index (χ0) is 29.9. The Hall–Kier alpha value is -2.37. The number of benzene rings is 2. The zero-order valence-electron chi connectivity index (χ0n) is 26.7. The largest absolute Gasteiger partial charge is 0.494 e. The number of ether oxygens (including phenoxy) is 1. The van der Waals surface area contributed by atoms with Gasteiger partial charge in [0.05, 0.1) is 6.61 Å². The first-order valence-electron chi connectivity index (χ1n) is 16.2. The summed E-state index contributed by atoms with van der Waals surface area (Å²) in [7, 11) is 0. The van der Waals surface area contributed by atoms with E-state index < -0.39 is 11.1 Å². The molecule has 5 heteroatoms. The van der Waals surface area contributed by atoms with E-state index in [9.17, 15) is 10.0 Å². The van der Waals surface area contributed by atoms with E-state index in [2.05, 4.69) is 26.0 Å². The summed E-state index contributed by atoms with van der Waals surface area (Å²) in [5, 5.41) is 14.2. The van der Waals surface area contributed by atoms with Crippen molar-refractivity contribution in [3.63, 3.8) is 0 Å². The summed E-state index contributed by atoms with van der Waals surface area (Å²) in [5.41, 5.74) is 1.88. The summed E-state index contributed by atoms with van der Waals surface area (Å²) in [6.07, 6.45) is 13.7. The van der Waals surface area contributed by atoms with Crippen LogP contribution in [0.3, 0.4) is 0 Å². The molecule has 1 fully saturated rings. The maximum atomic E-state index is 13.8. The predicted molar refractivity (Wildman–Crippen MR) is 170 cm³/mol. The monoisotopic (exact) mass is 563 g/mol. The lowest BCUT2D eigenvalue weighted by atomic mass is 9.78. The molecule has 5 nitrogen and oxygen atoms in total. The first-order valence-corrected chi connectivity index (χ1v) is 16.2. The molecule has 0 atom stereocenters. The fourth-order valence-electron chi connectivity index (χ4n) is 6.35. The summed E-state index contributed by atoms with van der Waals surface area (Å²) < 4.78 is 5.97. The van der Waals surface area contributed by atoms with Gasteiger partial charge in [-0.1, -0.05) is 89.5 Å². The minimum absolute atomic E-state index is 0.0438. The Bertz CT molecular complexity index is 1030. The van der Waals surface area contributed by atoms with E-state index in [0.717, 1.165) is 42.7 Å². The van der Waals surface area contributed by atoms with Gasteiger partial charge in [-0.05, 0) is 88.8 Å². The molecule has 0 bridgehead atoms. The summed E-state index contributed by atoms with van der Waals surface area (Å²) in [6, 6.07) is 16.3. The van der Waals surface area contributed by atoms with Crippen molar-refractivity contribution in [1.82, 2.24) is 9.96 Å². The van der Waals surface area contributed by atoms with Crippen molar-refractivity contribution in [3.8, 4) is 16.9 Å². The Morgan fingerprint density at radius 1 is 0.756 bits per heavy atom. The number of hydrogen-bond acceptors (Lipinski definition) is 3. The van der Waals surface area contributed by atoms with E-state index in [0.29, 0.717) is 24.9 Å². The van der Waals surface area contributed by atoms with Crippen LogP contribution in [0.5, 0.6) is 5.75 Å². The number of carbonyl (C=O) groups excluding carboxylic acids is 1. The molecule has 41 heavy (non-hydrogen) atoms. The van der Waals surface area contributed by atoms with Crippen molar-refractivity contribution in [1.29, 1.82) is 0 Å². The summed E-state index contributed by atoms with van der Waals surface area (Å²) >= 11 is 0. The Kier molecular flexibility index (Phi) is 12.7. The highest BCUT2D eigenvalue weighted by atomic mass is 16.5. The van der Waals surface area contributed by atoms with Gasteiger partial charge in [0, 0.05) is 29.2 Å². The van der Waals surface area contributed by atoms with Crippen LogP contribution in [0.25, 0.3) is 11.1 Å². The molecule has 0 spiro atoms. The van der Waals surface area contributed by atoms with E-state index in [-0.39, 0.29) is 11.9 Å². The number of amides is 1. The molecule has 2 aromatic carbocycles. The van der Waals surface area contributed by atoms with Gasteiger partial charge in [-0.2, -0.15) is 0 Å². The zero-order valence-corrected chi connectivity index (χ0v) is 26.7. The second kappa shape index (κ2) is 15.7. The summed E-state index contributed by atoms with van der Waals surface area (Å²) in [4.78, 5) is 15.8. The van der Waals surface area contributed by atoms with Crippen LogP contribution >= 0.6 is 0 Å². The predicted octanol–water partition coefficient (Wildman–Crippen LogP) is 9.48. The van der Waals surface area contributed by atoms with Crippen LogP contribution in [0.4, 0.5) is 0 Å². The smallest absolute Gasteiger partial charge is 0.254 e. The molecule has 1 amide bonds. The lowest BCUT2D eigenvalue weighted by Crippen LogP contribution is -2.63. The maximum Gasteiger partial charge on any atom is 0.254 e. The minimum atomic E-state index is -0.509. The highest BCUT2D eigenvalue weighted by Gasteiger charge is 2.48. The Morgan fingerprint density at radius 3 is 1.78 bits per heavy atom. The second-order valence-electron chi connectivity index (χ2n) is 13.3. The molecule has 2 aromatic rings. The quantitative estimate of drug-likeness (QED) is 0.191. The third kappa shape index (κ3) is 9.58. The van der Waals surface area contributed by atoms with E-state index in [1.54, 1.807) is 0 Å². The third-order valence-electron chi connectivity index (χ3n) is 8.61. The fourth-order valence-corrected chi connectivity index (χ4v) is 6.35. The number of hydroxylamine groups is 2. The standard InChI is InChI=1S/C36H55N2O3/c1-7-9-11-12-13-14-15-16-26-41-33-23-21-30(22-24-33)29-17-19-31(20-18-29)34(39)37(25-10-8-2)32-27-35(3,4)38(40)36(5,6)28-32/h17-24,32H,7-16,25-28H2,1-6H3. The van der Waals surface area contributed by atoms with Crippen molar-refractivity contribution in [2.45, 2.75) is 136 Å². The van der Waals surface area contributed by atoms with Crippen LogP contribution in [0.1, 0.15) is 129 Å². The van der Waals surface area contributed by atoms with E-state index in [4.69, 9.17) is 4.74 Å². The first kappa shape index (κ1) is 33.1.